The summed E-state index contributed by atoms with van der Waals surface area (Å²) < 4.78 is 11.6. The van der Waals surface area contributed by atoms with Crippen LogP contribution >= 0.6 is 0 Å². The van der Waals surface area contributed by atoms with Crippen LogP contribution in [0.2, 0.25) is 0 Å². The van der Waals surface area contributed by atoms with E-state index in [9.17, 15) is 0 Å². The van der Waals surface area contributed by atoms with Crippen LogP contribution in [0.4, 0.5) is 0 Å². The zero-order valence-corrected chi connectivity index (χ0v) is 12.6. The van der Waals surface area contributed by atoms with E-state index >= 15 is 0 Å². The van der Waals surface area contributed by atoms with Crippen LogP contribution in [-0.2, 0) is 9.47 Å². The van der Waals surface area contributed by atoms with Crippen LogP contribution < -0.4 is 11.3 Å². The van der Waals surface area contributed by atoms with Crippen LogP contribution in [0, 0.1) is 11.8 Å². The molecule has 112 valence electrons. The lowest BCUT2D eigenvalue weighted by Crippen LogP contribution is -2.45. The molecule has 0 radical (unpaired) electrons. The summed E-state index contributed by atoms with van der Waals surface area (Å²) in [5.41, 5.74) is 3.03. The van der Waals surface area contributed by atoms with E-state index in [0.717, 1.165) is 13.0 Å². The van der Waals surface area contributed by atoms with Gasteiger partial charge in [0.1, 0.15) is 0 Å². The van der Waals surface area contributed by atoms with Gasteiger partial charge < -0.3 is 9.47 Å². The fourth-order valence-corrected chi connectivity index (χ4v) is 3.81. The molecule has 2 rings (SSSR count). The molecule has 4 heteroatoms. The summed E-state index contributed by atoms with van der Waals surface area (Å²) in [5, 5.41) is 0. The van der Waals surface area contributed by atoms with Crippen molar-refractivity contribution < 1.29 is 9.47 Å². The van der Waals surface area contributed by atoms with E-state index in [2.05, 4.69) is 26.2 Å². The van der Waals surface area contributed by atoms with Gasteiger partial charge in [-0.25, -0.2) is 0 Å². The van der Waals surface area contributed by atoms with Gasteiger partial charge in [0.05, 0.1) is 18.3 Å². The number of hydrogen-bond acceptors (Lipinski definition) is 4. The van der Waals surface area contributed by atoms with Crippen LogP contribution in [0.3, 0.4) is 0 Å². The molecule has 0 spiro atoms. The molecule has 2 heterocycles. The Morgan fingerprint density at radius 1 is 1.26 bits per heavy atom. The smallest absolute Gasteiger partial charge is 0.0597 e. The quantitative estimate of drug-likeness (QED) is 0.574. The third-order valence-electron chi connectivity index (χ3n) is 5.06. The molecule has 2 fully saturated rings. The fraction of sp³-hybridized carbons (Fsp3) is 1.00. The largest absolute Gasteiger partial charge is 0.378 e. The minimum atomic E-state index is 0.300. The minimum Gasteiger partial charge on any atom is -0.378 e. The summed E-state index contributed by atoms with van der Waals surface area (Å²) in [6.07, 6.45) is 7.07. The Kier molecular flexibility index (Phi) is 5.63. The topological polar surface area (TPSA) is 56.5 Å². The number of hydrogen-bond donors (Lipinski definition) is 2. The molecule has 2 aliphatic heterocycles. The van der Waals surface area contributed by atoms with Gasteiger partial charge in [0.2, 0.25) is 0 Å². The van der Waals surface area contributed by atoms with Gasteiger partial charge in [-0.05, 0) is 51.9 Å². The number of nitrogens with one attached hydrogen (secondary N) is 1. The normalized spacial score (nSPS) is 40.7. The van der Waals surface area contributed by atoms with Crippen molar-refractivity contribution in [1.82, 2.24) is 5.43 Å². The Balaban J connectivity index is 1.78. The highest BCUT2D eigenvalue weighted by molar-refractivity contribution is 4.91. The van der Waals surface area contributed by atoms with Gasteiger partial charge in [-0.1, -0.05) is 6.92 Å². The zero-order valence-electron chi connectivity index (χ0n) is 12.6. The summed E-state index contributed by atoms with van der Waals surface area (Å²) in [5.74, 6) is 6.87. The molecule has 4 nitrogen and oxygen atoms in total. The standard InChI is InChI=1S/C15H30N2O2/c1-10-11(2)19-12(3)15(10)14(17-16)8-4-6-13-7-5-9-18-13/h10-15,17H,4-9,16H2,1-3H3. The fourth-order valence-electron chi connectivity index (χ4n) is 3.81. The lowest BCUT2D eigenvalue weighted by atomic mass is 9.81. The second kappa shape index (κ2) is 7.02. The van der Waals surface area contributed by atoms with Gasteiger partial charge in [0.15, 0.2) is 0 Å². The Labute approximate surface area is 117 Å². The molecular formula is C15H30N2O2. The summed E-state index contributed by atoms with van der Waals surface area (Å²) in [7, 11) is 0. The summed E-state index contributed by atoms with van der Waals surface area (Å²) in [6.45, 7) is 7.57. The lowest BCUT2D eigenvalue weighted by molar-refractivity contribution is 0.0467. The van der Waals surface area contributed by atoms with E-state index in [-0.39, 0.29) is 0 Å². The SMILES string of the molecule is CC1OC(C)C(C(CCCC2CCCO2)NN)C1C. The molecule has 0 amide bonds. The molecule has 0 aromatic rings. The number of rotatable bonds is 6. The molecule has 0 aromatic carbocycles. The second-order valence-corrected chi connectivity index (χ2v) is 6.32. The van der Waals surface area contributed by atoms with Gasteiger partial charge in [-0.2, -0.15) is 0 Å². The molecule has 0 bridgehead atoms. The maximum atomic E-state index is 5.93. The summed E-state index contributed by atoms with van der Waals surface area (Å²) in [4.78, 5) is 0. The van der Waals surface area contributed by atoms with E-state index < -0.39 is 0 Å². The monoisotopic (exact) mass is 270 g/mol. The molecule has 6 unspecified atom stereocenters. The van der Waals surface area contributed by atoms with E-state index in [4.69, 9.17) is 15.3 Å². The lowest BCUT2D eigenvalue weighted by Gasteiger charge is -2.28. The molecule has 0 saturated carbocycles. The second-order valence-electron chi connectivity index (χ2n) is 6.32. The van der Waals surface area contributed by atoms with Crippen molar-refractivity contribution in [2.75, 3.05) is 6.61 Å². The van der Waals surface area contributed by atoms with Gasteiger partial charge in [0.25, 0.3) is 0 Å². The molecular weight excluding hydrogens is 240 g/mol. The van der Waals surface area contributed by atoms with Crippen molar-refractivity contribution in [2.45, 2.75) is 77.2 Å². The molecule has 3 N–H and O–H groups in total. The van der Waals surface area contributed by atoms with Crippen molar-refractivity contribution in [3.63, 3.8) is 0 Å². The van der Waals surface area contributed by atoms with Crippen LogP contribution in [-0.4, -0.2) is 31.0 Å². The Hall–Kier alpha value is -0.160. The first-order valence-corrected chi connectivity index (χ1v) is 7.86. The van der Waals surface area contributed by atoms with E-state index in [1.807, 2.05) is 0 Å². The van der Waals surface area contributed by atoms with Crippen molar-refractivity contribution in [2.24, 2.45) is 17.7 Å². The highest BCUT2D eigenvalue weighted by Crippen LogP contribution is 2.35. The average molecular weight is 270 g/mol. The van der Waals surface area contributed by atoms with Gasteiger partial charge >= 0.3 is 0 Å². The van der Waals surface area contributed by atoms with Crippen LogP contribution in [0.5, 0.6) is 0 Å². The first kappa shape index (κ1) is 15.2. The van der Waals surface area contributed by atoms with Crippen molar-refractivity contribution >= 4 is 0 Å². The molecule has 0 aliphatic carbocycles. The number of hydrazine groups is 1. The zero-order chi connectivity index (χ0) is 13.8. The third kappa shape index (κ3) is 3.69. The number of ether oxygens (including phenoxy) is 2. The molecule has 6 atom stereocenters. The van der Waals surface area contributed by atoms with Gasteiger partial charge in [-0.3, -0.25) is 11.3 Å². The summed E-state index contributed by atoms with van der Waals surface area (Å²) in [6, 6.07) is 0.358. The first-order chi connectivity index (χ1) is 9.13. The molecule has 2 saturated heterocycles. The predicted molar refractivity (Wildman–Crippen MR) is 76.6 cm³/mol. The highest BCUT2D eigenvalue weighted by atomic mass is 16.5. The van der Waals surface area contributed by atoms with Crippen LogP contribution in [0.15, 0.2) is 0 Å². The van der Waals surface area contributed by atoms with Gasteiger partial charge in [0, 0.05) is 18.6 Å². The van der Waals surface area contributed by atoms with Gasteiger partial charge in [-0.15, -0.1) is 0 Å². The maximum Gasteiger partial charge on any atom is 0.0597 e. The maximum absolute atomic E-state index is 5.93. The van der Waals surface area contributed by atoms with Crippen molar-refractivity contribution in [3.05, 3.63) is 0 Å². The van der Waals surface area contributed by atoms with Crippen LogP contribution in [0.1, 0.15) is 52.9 Å². The van der Waals surface area contributed by atoms with E-state index in [1.165, 1.54) is 25.7 Å². The Morgan fingerprint density at radius 2 is 2.05 bits per heavy atom. The van der Waals surface area contributed by atoms with E-state index in [1.54, 1.807) is 0 Å². The van der Waals surface area contributed by atoms with E-state index in [0.29, 0.717) is 36.2 Å². The third-order valence-corrected chi connectivity index (χ3v) is 5.06. The first-order valence-electron chi connectivity index (χ1n) is 7.86. The minimum absolute atomic E-state index is 0.300. The molecule has 0 aromatic heterocycles. The Bertz CT molecular complexity index is 269. The summed E-state index contributed by atoms with van der Waals surface area (Å²) >= 11 is 0. The number of nitrogens with two attached hydrogens (primary N) is 1. The van der Waals surface area contributed by atoms with Crippen LogP contribution in [0.25, 0.3) is 0 Å². The molecule has 2 aliphatic rings. The van der Waals surface area contributed by atoms with Crippen molar-refractivity contribution in [3.8, 4) is 0 Å². The molecule has 19 heavy (non-hydrogen) atoms. The predicted octanol–water partition coefficient (Wildman–Crippen LogP) is 2.23. The van der Waals surface area contributed by atoms with Crippen molar-refractivity contribution in [1.29, 1.82) is 0 Å². The Morgan fingerprint density at radius 3 is 2.58 bits per heavy atom. The average Bonchev–Trinajstić information content (AvgIpc) is 2.97. The highest BCUT2D eigenvalue weighted by Gasteiger charge is 2.41.